The summed E-state index contributed by atoms with van der Waals surface area (Å²) >= 11 is 6.11. The standard InChI is InChI=1S/C14H19ClN2O/c1-9-3-4-13(12(15)7-9)17-14(18)11-5-6-16-10(2)8-11/h3-4,7,10-11,16H,5-6,8H2,1-2H3,(H,17,18). The first kappa shape index (κ1) is 13.4. The highest BCUT2D eigenvalue weighted by molar-refractivity contribution is 6.33. The number of aryl methyl sites for hydroxylation is 1. The summed E-state index contributed by atoms with van der Waals surface area (Å²) in [4.78, 5) is 12.2. The van der Waals surface area contributed by atoms with Crippen LogP contribution in [-0.4, -0.2) is 18.5 Å². The van der Waals surface area contributed by atoms with E-state index >= 15 is 0 Å². The van der Waals surface area contributed by atoms with Crippen LogP contribution in [0.3, 0.4) is 0 Å². The van der Waals surface area contributed by atoms with Crippen molar-refractivity contribution in [1.29, 1.82) is 0 Å². The molecule has 0 aromatic heterocycles. The second kappa shape index (κ2) is 5.72. The van der Waals surface area contributed by atoms with Crippen LogP contribution in [0.15, 0.2) is 18.2 Å². The summed E-state index contributed by atoms with van der Waals surface area (Å²) in [5, 5.41) is 6.87. The SMILES string of the molecule is Cc1ccc(NC(=O)C2CCNC(C)C2)c(Cl)c1. The average molecular weight is 267 g/mol. The summed E-state index contributed by atoms with van der Waals surface area (Å²) in [5.74, 6) is 0.160. The topological polar surface area (TPSA) is 41.1 Å². The maximum Gasteiger partial charge on any atom is 0.227 e. The first-order valence-electron chi connectivity index (χ1n) is 6.36. The second-order valence-electron chi connectivity index (χ2n) is 5.05. The molecule has 2 rings (SSSR count). The lowest BCUT2D eigenvalue weighted by molar-refractivity contribution is -0.120. The maximum atomic E-state index is 12.2. The molecule has 1 saturated heterocycles. The lowest BCUT2D eigenvalue weighted by Gasteiger charge is -2.27. The van der Waals surface area contributed by atoms with Crippen molar-refractivity contribution in [2.75, 3.05) is 11.9 Å². The first-order chi connectivity index (χ1) is 8.56. The Morgan fingerprint density at radius 1 is 1.50 bits per heavy atom. The quantitative estimate of drug-likeness (QED) is 0.864. The van der Waals surface area contributed by atoms with Gasteiger partial charge in [0.1, 0.15) is 0 Å². The van der Waals surface area contributed by atoms with Crippen LogP contribution in [0, 0.1) is 12.8 Å². The van der Waals surface area contributed by atoms with E-state index in [4.69, 9.17) is 11.6 Å². The lowest BCUT2D eigenvalue weighted by Crippen LogP contribution is -2.40. The predicted octanol–water partition coefficient (Wildman–Crippen LogP) is 2.98. The summed E-state index contributed by atoms with van der Waals surface area (Å²) in [7, 11) is 0. The molecule has 1 aromatic carbocycles. The van der Waals surface area contributed by atoms with Crippen LogP contribution >= 0.6 is 11.6 Å². The fraction of sp³-hybridized carbons (Fsp3) is 0.500. The van der Waals surface area contributed by atoms with Gasteiger partial charge in [-0.25, -0.2) is 0 Å². The van der Waals surface area contributed by atoms with Crippen molar-refractivity contribution < 1.29 is 4.79 Å². The number of halogens is 1. The van der Waals surface area contributed by atoms with Gasteiger partial charge in [0.15, 0.2) is 0 Å². The number of rotatable bonds is 2. The lowest BCUT2D eigenvalue weighted by atomic mass is 9.92. The van der Waals surface area contributed by atoms with Gasteiger partial charge in [-0.05, 0) is 50.9 Å². The van der Waals surface area contributed by atoms with Gasteiger partial charge in [-0.3, -0.25) is 4.79 Å². The summed E-state index contributed by atoms with van der Waals surface area (Å²) in [6.07, 6.45) is 1.77. The Bertz CT molecular complexity index is 447. The number of carbonyl (C=O) groups excluding carboxylic acids is 1. The van der Waals surface area contributed by atoms with E-state index in [2.05, 4.69) is 17.6 Å². The van der Waals surface area contributed by atoms with E-state index < -0.39 is 0 Å². The Hall–Kier alpha value is -1.06. The molecule has 0 radical (unpaired) electrons. The van der Waals surface area contributed by atoms with Crippen LogP contribution in [-0.2, 0) is 4.79 Å². The highest BCUT2D eigenvalue weighted by atomic mass is 35.5. The van der Waals surface area contributed by atoms with Crippen molar-refractivity contribution in [2.24, 2.45) is 5.92 Å². The van der Waals surface area contributed by atoms with Gasteiger partial charge in [0, 0.05) is 12.0 Å². The van der Waals surface area contributed by atoms with Gasteiger partial charge in [0.25, 0.3) is 0 Å². The molecule has 2 atom stereocenters. The molecule has 1 aliphatic heterocycles. The molecule has 1 aliphatic rings. The Kier molecular flexibility index (Phi) is 4.25. The molecular formula is C14H19ClN2O. The van der Waals surface area contributed by atoms with Crippen molar-refractivity contribution in [1.82, 2.24) is 5.32 Å². The van der Waals surface area contributed by atoms with Crippen molar-refractivity contribution in [3.05, 3.63) is 28.8 Å². The van der Waals surface area contributed by atoms with E-state index in [1.165, 1.54) is 0 Å². The predicted molar refractivity (Wildman–Crippen MR) is 75.0 cm³/mol. The van der Waals surface area contributed by atoms with E-state index in [-0.39, 0.29) is 11.8 Å². The summed E-state index contributed by atoms with van der Waals surface area (Å²) in [6, 6.07) is 6.08. The van der Waals surface area contributed by atoms with Gasteiger partial charge in [0.05, 0.1) is 10.7 Å². The van der Waals surface area contributed by atoms with Gasteiger partial charge >= 0.3 is 0 Å². The number of hydrogen-bond acceptors (Lipinski definition) is 2. The van der Waals surface area contributed by atoms with Crippen molar-refractivity contribution in [2.45, 2.75) is 32.7 Å². The van der Waals surface area contributed by atoms with E-state index in [0.717, 1.165) is 24.9 Å². The van der Waals surface area contributed by atoms with E-state index in [9.17, 15) is 4.79 Å². The number of carbonyl (C=O) groups is 1. The zero-order valence-corrected chi connectivity index (χ0v) is 11.6. The Balaban J connectivity index is 2.02. The third-order valence-electron chi connectivity index (χ3n) is 3.38. The van der Waals surface area contributed by atoms with Crippen LogP contribution < -0.4 is 10.6 Å². The molecule has 1 fully saturated rings. The molecule has 0 bridgehead atoms. The third kappa shape index (κ3) is 3.24. The van der Waals surface area contributed by atoms with E-state index in [1.54, 1.807) is 0 Å². The number of amides is 1. The smallest absolute Gasteiger partial charge is 0.227 e. The van der Waals surface area contributed by atoms with Gasteiger partial charge in [0.2, 0.25) is 5.91 Å². The van der Waals surface area contributed by atoms with Crippen LogP contribution in [0.25, 0.3) is 0 Å². The number of benzene rings is 1. The van der Waals surface area contributed by atoms with Crippen LogP contribution in [0.4, 0.5) is 5.69 Å². The van der Waals surface area contributed by atoms with Gasteiger partial charge in [-0.15, -0.1) is 0 Å². The molecule has 1 amide bonds. The highest BCUT2D eigenvalue weighted by Crippen LogP contribution is 2.25. The van der Waals surface area contributed by atoms with Gasteiger partial charge in [-0.1, -0.05) is 17.7 Å². The molecule has 0 aliphatic carbocycles. The van der Waals surface area contributed by atoms with E-state index in [1.807, 2.05) is 25.1 Å². The van der Waals surface area contributed by atoms with Gasteiger partial charge in [-0.2, -0.15) is 0 Å². The normalized spacial score (nSPS) is 23.7. The molecule has 18 heavy (non-hydrogen) atoms. The summed E-state index contributed by atoms with van der Waals surface area (Å²) in [6.45, 7) is 4.99. The third-order valence-corrected chi connectivity index (χ3v) is 3.69. The zero-order valence-electron chi connectivity index (χ0n) is 10.8. The molecule has 1 aromatic rings. The van der Waals surface area contributed by atoms with Crippen molar-refractivity contribution in [3.8, 4) is 0 Å². The number of anilines is 1. The first-order valence-corrected chi connectivity index (χ1v) is 6.74. The largest absolute Gasteiger partial charge is 0.325 e. The van der Waals surface area contributed by atoms with Gasteiger partial charge < -0.3 is 10.6 Å². The number of piperidine rings is 1. The molecule has 2 unspecified atom stereocenters. The Morgan fingerprint density at radius 2 is 2.28 bits per heavy atom. The molecule has 0 saturated carbocycles. The maximum absolute atomic E-state index is 12.2. The molecule has 98 valence electrons. The molecular weight excluding hydrogens is 248 g/mol. The summed E-state index contributed by atoms with van der Waals surface area (Å²) < 4.78 is 0. The Morgan fingerprint density at radius 3 is 2.94 bits per heavy atom. The molecule has 3 nitrogen and oxygen atoms in total. The summed E-state index contributed by atoms with van der Waals surface area (Å²) in [5.41, 5.74) is 1.80. The minimum atomic E-state index is 0.0779. The minimum absolute atomic E-state index is 0.0779. The fourth-order valence-corrected chi connectivity index (χ4v) is 2.61. The number of nitrogens with one attached hydrogen (secondary N) is 2. The van der Waals surface area contributed by atoms with Crippen molar-refractivity contribution in [3.63, 3.8) is 0 Å². The second-order valence-corrected chi connectivity index (χ2v) is 5.46. The fourth-order valence-electron chi connectivity index (χ4n) is 2.33. The molecule has 1 heterocycles. The van der Waals surface area contributed by atoms with Crippen molar-refractivity contribution >= 4 is 23.2 Å². The van der Waals surface area contributed by atoms with Crippen LogP contribution in [0.5, 0.6) is 0 Å². The van der Waals surface area contributed by atoms with E-state index in [0.29, 0.717) is 16.8 Å². The minimum Gasteiger partial charge on any atom is -0.325 e. The highest BCUT2D eigenvalue weighted by Gasteiger charge is 2.24. The monoisotopic (exact) mass is 266 g/mol. The Labute approximate surface area is 113 Å². The molecule has 2 N–H and O–H groups in total. The average Bonchev–Trinajstić information content (AvgIpc) is 2.32. The van der Waals surface area contributed by atoms with Crippen LogP contribution in [0.1, 0.15) is 25.3 Å². The molecule has 4 heteroatoms. The zero-order chi connectivity index (χ0) is 13.1. The number of hydrogen-bond donors (Lipinski definition) is 2. The van der Waals surface area contributed by atoms with Crippen LogP contribution in [0.2, 0.25) is 5.02 Å². The molecule has 0 spiro atoms.